The van der Waals surface area contributed by atoms with E-state index in [0.717, 1.165) is 12.5 Å². The first kappa shape index (κ1) is 25.2. The lowest BCUT2D eigenvalue weighted by atomic mass is 9.99. The minimum atomic E-state index is -0.728. The highest BCUT2D eigenvalue weighted by Gasteiger charge is 2.30. The van der Waals surface area contributed by atoms with Gasteiger partial charge in [-0.2, -0.15) is 0 Å². The fraction of sp³-hybridized carbons (Fsp3) is 0.407. The first-order valence-corrected chi connectivity index (χ1v) is 12.4. The Morgan fingerprint density at radius 2 is 1.84 bits per heavy atom. The highest BCUT2D eigenvalue weighted by molar-refractivity contribution is 5.99. The molecule has 2 aromatic carbocycles. The van der Waals surface area contributed by atoms with E-state index in [0.29, 0.717) is 56.3 Å². The van der Waals surface area contributed by atoms with Gasteiger partial charge in [-0.3, -0.25) is 9.59 Å². The van der Waals surface area contributed by atoms with E-state index in [2.05, 4.69) is 5.32 Å². The third-order valence-corrected chi connectivity index (χ3v) is 6.98. The number of benzene rings is 2. The molecule has 3 heterocycles. The number of aliphatic hydroxyl groups excluding tert-OH is 1. The van der Waals surface area contributed by atoms with Gasteiger partial charge in [0.25, 0.3) is 5.91 Å². The Labute approximate surface area is 212 Å². The van der Waals surface area contributed by atoms with Gasteiger partial charge in [0.2, 0.25) is 0 Å². The van der Waals surface area contributed by atoms with Crippen molar-refractivity contribution < 1.29 is 27.8 Å². The molecule has 37 heavy (non-hydrogen) atoms. The second kappa shape index (κ2) is 10.5. The molecular weight excluding hydrogens is 484 g/mol. The first-order chi connectivity index (χ1) is 17.8. The summed E-state index contributed by atoms with van der Waals surface area (Å²) >= 11 is 0. The maximum Gasteiger partial charge on any atom is 0.254 e. The predicted molar refractivity (Wildman–Crippen MR) is 135 cm³/mol. The van der Waals surface area contributed by atoms with E-state index in [1.165, 1.54) is 24.3 Å². The second-order valence-electron chi connectivity index (χ2n) is 9.49. The van der Waals surface area contributed by atoms with E-state index in [1.807, 2.05) is 4.90 Å². The zero-order valence-electron chi connectivity index (χ0n) is 20.5. The van der Waals surface area contributed by atoms with E-state index in [9.17, 15) is 23.5 Å². The molecule has 10 heteroatoms. The Morgan fingerprint density at radius 1 is 1.11 bits per heavy atom. The van der Waals surface area contributed by atoms with E-state index >= 15 is 0 Å². The summed E-state index contributed by atoms with van der Waals surface area (Å²) in [7, 11) is 0. The van der Waals surface area contributed by atoms with Gasteiger partial charge in [0.1, 0.15) is 17.2 Å². The molecule has 8 nitrogen and oxygen atoms in total. The van der Waals surface area contributed by atoms with Gasteiger partial charge in [0.05, 0.1) is 37.3 Å². The van der Waals surface area contributed by atoms with Crippen molar-refractivity contribution >= 4 is 28.4 Å². The zero-order valence-corrected chi connectivity index (χ0v) is 20.5. The molecule has 2 N–H and O–H groups in total. The molecule has 5 rings (SSSR count). The largest absolute Gasteiger partial charge is 0.440 e. The molecule has 2 aliphatic heterocycles. The summed E-state index contributed by atoms with van der Waals surface area (Å²) in [6, 6.07) is 6.85. The van der Waals surface area contributed by atoms with Crippen LogP contribution in [-0.4, -0.2) is 61.4 Å². The van der Waals surface area contributed by atoms with Crippen LogP contribution >= 0.6 is 0 Å². The van der Waals surface area contributed by atoms with Crippen molar-refractivity contribution in [3.8, 4) is 0 Å². The number of anilines is 2. The fourth-order valence-corrected chi connectivity index (χ4v) is 5.08. The summed E-state index contributed by atoms with van der Waals surface area (Å²) in [5, 5.41) is 13.0. The standard InChI is InChI=1S/C27H29F2N3O5/c1-16(30-20-12-18(28)11-19(29)13-20)22-9-17(27(35)32-4-2-3-21(32)15-33)10-23-24(34)14-25(37-26(22)23)31-5-7-36-8-6-31/h9-14,16,21,30,33H,2-8,15H2,1H3. The number of hydrogen-bond acceptors (Lipinski definition) is 7. The molecule has 1 amide bonds. The molecule has 3 aromatic rings. The molecular formula is C27H29F2N3O5. The quantitative estimate of drug-likeness (QED) is 0.519. The molecule has 0 bridgehead atoms. The Kier molecular flexibility index (Phi) is 7.12. The SMILES string of the molecule is CC(Nc1cc(F)cc(F)c1)c1cc(C(=O)N2CCCC2CO)cc2c(=O)cc(N3CCOCC3)oc12. The Bertz CT molecular complexity index is 1350. The lowest BCUT2D eigenvalue weighted by Crippen LogP contribution is -2.37. The van der Waals surface area contributed by atoms with Crippen molar-refractivity contribution in [3.05, 3.63) is 69.4 Å². The van der Waals surface area contributed by atoms with Crippen LogP contribution in [0.3, 0.4) is 0 Å². The molecule has 2 aliphatic rings. The molecule has 196 valence electrons. The van der Waals surface area contributed by atoms with Crippen LogP contribution in [0.15, 0.2) is 45.6 Å². The number of likely N-dealkylation sites (tertiary alicyclic amines) is 1. The highest BCUT2D eigenvalue weighted by Crippen LogP contribution is 2.32. The maximum atomic E-state index is 13.8. The molecule has 1 aromatic heterocycles. The first-order valence-electron chi connectivity index (χ1n) is 12.4. The van der Waals surface area contributed by atoms with Crippen LogP contribution in [0.2, 0.25) is 0 Å². The van der Waals surface area contributed by atoms with Gasteiger partial charge in [-0.1, -0.05) is 0 Å². The molecule has 0 spiro atoms. The number of ether oxygens (including phenoxy) is 1. The number of halogens is 2. The average molecular weight is 514 g/mol. The highest BCUT2D eigenvalue weighted by atomic mass is 19.1. The molecule has 2 fully saturated rings. The van der Waals surface area contributed by atoms with Crippen molar-refractivity contribution in [2.75, 3.05) is 49.7 Å². The van der Waals surface area contributed by atoms with E-state index < -0.39 is 17.7 Å². The number of morpholine rings is 1. The molecule has 2 saturated heterocycles. The molecule has 2 unspecified atom stereocenters. The summed E-state index contributed by atoms with van der Waals surface area (Å²) in [6.45, 7) is 4.28. The lowest BCUT2D eigenvalue weighted by Gasteiger charge is -2.28. The van der Waals surface area contributed by atoms with Crippen LogP contribution in [0.5, 0.6) is 0 Å². The van der Waals surface area contributed by atoms with Gasteiger partial charge in [0.15, 0.2) is 11.3 Å². The van der Waals surface area contributed by atoms with Gasteiger partial charge in [-0.15, -0.1) is 0 Å². The minimum Gasteiger partial charge on any atom is -0.440 e. The topological polar surface area (TPSA) is 95.3 Å². The third kappa shape index (κ3) is 5.17. The number of amides is 1. The van der Waals surface area contributed by atoms with E-state index in [4.69, 9.17) is 9.15 Å². The predicted octanol–water partition coefficient (Wildman–Crippen LogP) is 3.68. The number of carbonyl (C=O) groups excluding carboxylic acids is 1. The molecule has 0 aliphatic carbocycles. The van der Waals surface area contributed by atoms with Crippen molar-refractivity contribution in [3.63, 3.8) is 0 Å². The summed E-state index contributed by atoms with van der Waals surface area (Å²) in [6.07, 6.45) is 1.49. The lowest BCUT2D eigenvalue weighted by molar-refractivity contribution is 0.0677. The van der Waals surface area contributed by atoms with Gasteiger partial charge < -0.3 is 29.4 Å². The molecule has 0 saturated carbocycles. The van der Waals surface area contributed by atoms with E-state index in [1.54, 1.807) is 17.9 Å². The van der Waals surface area contributed by atoms with Crippen LogP contribution in [0.25, 0.3) is 11.0 Å². The number of rotatable bonds is 6. The van der Waals surface area contributed by atoms with Crippen molar-refractivity contribution in [1.82, 2.24) is 4.90 Å². The number of nitrogens with zero attached hydrogens (tertiary/aromatic N) is 2. The molecule has 0 radical (unpaired) electrons. The Balaban J connectivity index is 1.61. The minimum absolute atomic E-state index is 0.139. The van der Waals surface area contributed by atoms with Crippen molar-refractivity contribution in [2.45, 2.75) is 31.8 Å². The third-order valence-electron chi connectivity index (χ3n) is 6.98. The summed E-state index contributed by atoms with van der Waals surface area (Å²) in [5.41, 5.74) is 0.984. The van der Waals surface area contributed by atoms with Crippen molar-refractivity contribution in [2.24, 2.45) is 0 Å². The number of aliphatic hydroxyl groups is 1. The second-order valence-corrected chi connectivity index (χ2v) is 9.49. The van der Waals surface area contributed by atoms with Crippen LogP contribution in [0.1, 0.15) is 41.7 Å². The number of hydrogen-bond donors (Lipinski definition) is 2. The van der Waals surface area contributed by atoms with Crippen LogP contribution in [0.4, 0.5) is 20.4 Å². The monoisotopic (exact) mass is 513 g/mol. The summed E-state index contributed by atoms with van der Waals surface area (Å²) in [5.74, 6) is -1.35. The summed E-state index contributed by atoms with van der Waals surface area (Å²) < 4.78 is 39.3. The normalized spacial score (nSPS) is 18.9. The van der Waals surface area contributed by atoms with Gasteiger partial charge in [-0.25, -0.2) is 8.78 Å². The van der Waals surface area contributed by atoms with Gasteiger partial charge in [-0.05, 0) is 44.0 Å². The molecule has 2 atom stereocenters. The number of carbonyl (C=O) groups is 1. The maximum absolute atomic E-state index is 13.8. The summed E-state index contributed by atoms with van der Waals surface area (Å²) in [4.78, 5) is 30.3. The van der Waals surface area contributed by atoms with Crippen LogP contribution in [0, 0.1) is 11.6 Å². The van der Waals surface area contributed by atoms with Crippen molar-refractivity contribution in [1.29, 1.82) is 0 Å². The Hall–Kier alpha value is -3.50. The fourth-order valence-electron chi connectivity index (χ4n) is 5.08. The number of nitrogens with one attached hydrogen (secondary N) is 1. The van der Waals surface area contributed by atoms with Crippen LogP contribution < -0.4 is 15.6 Å². The van der Waals surface area contributed by atoms with E-state index in [-0.39, 0.29) is 40.6 Å². The zero-order chi connectivity index (χ0) is 26.1. The smallest absolute Gasteiger partial charge is 0.254 e. The Morgan fingerprint density at radius 3 is 2.54 bits per heavy atom. The number of fused-ring (bicyclic) bond motifs is 1. The van der Waals surface area contributed by atoms with Gasteiger partial charge in [0, 0.05) is 48.6 Å². The van der Waals surface area contributed by atoms with Gasteiger partial charge >= 0.3 is 0 Å². The van der Waals surface area contributed by atoms with Crippen LogP contribution in [-0.2, 0) is 4.74 Å². The average Bonchev–Trinajstić information content (AvgIpc) is 3.36.